The minimum Gasteiger partial charge on any atom is -0.376 e. The Bertz CT molecular complexity index is 697. The van der Waals surface area contributed by atoms with E-state index in [9.17, 15) is 4.79 Å². The van der Waals surface area contributed by atoms with Crippen LogP contribution in [-0.2, 0) is 18.2 Å². The number of carbonyl (C=O) groups is 1. The predicted octanol–water partition coefficient (Wildman–Crippen LogP) is 2.96. The number of aromatic nitrogens is 1. The third-order valence-electron chi connectivity index (χ3n) is 4.65. The molecule has 2 aromatic rings. The van der Waals surface area contributed by atoms with Gasteiger partial charge >= 0.3 is 0 Å². The number of hydrogen-bond donors (Lipinski definition) is 1. The van der Waals surface area contributed by atoms with Gasteiger partial charge in [0.2, 0.25) is 0 Å². The molecule has 2 heterocycles. The van der Waals surface area contributed by atoms with Crippen molar-refractivity contribution in [2.24, 2.45) is 7.05 Å². The fraction of sp³-hybridized carbons (Fsp3) is 0.500. The van der Waals surface area contributed by atoms with Gasteiger partial charge in [0.05, 0.1) is 6.10 Å². The largest absolute Gasteiger partial charge is 0.376 e. The number of ether oxygens (including phenoxy) is 1. The molecule has 3 rings (SSSR count). The smallest absolute Gasteiger partial charge is 0.268 e. The van der Waals surface area contributed by atoms with E-state index in [-0.39, 0.29) is 12.0 Å². The lowest BCUT2D eigenvalue weighted by molar-refractivity contribution is 0.0851. The zero-order valence-corrected chi connectivity index (χ0v) is 13.6. The van der Waals surface area contributed by atoms with Crippen molar-refractivity contribution in [3.8, 4) is 0 Å². The van der Waals surface area contributed by atoms with E-state index >= 15 is 0 Å². The first-order valence-corrected chi connectivity index (χ1v) is 8.09. The average Bonchev–Trinajstić information content (AvgIpc) is 3.13. The van der Waals surface area contributed by atoms with Crippen LogP contribution in [0.1, 0.15) is 41.4 Å². The molecule has 1 fully saturated rings. The molecule has 1 N–H and O–H groups in total. The van der Waals surface area contributed by atoms with Crippen molar-refractivity contribution < 1.29 is 9.53 Å². The first kappa shape index (κ1) is 15.1. The van der Waals surface area contributed by atoms with Gasteiger partial charge in [-0.05, 0) is 49.4 Å². The van der Waals surface area contributed by atoms with Crippen molar-refractivity contribution in [1.29, 1.82) is 0 Å². The second-order valence-electron chi connectivity index (χ2n) is 6.08. The lowest BCUT2D eigenvalue weighted by atomic mass is 10.1. The molecular weight excluding hydrogens is 276 g/mol. The number of hydrogen-bond acceptors (Lipinski definition) is 2. The van der Waals surface area contributed by atoms with Gasteiger partial charge in [0, 0.05) is 31.1 Å². The Balaban J connectivity index is 1.87. The summed E-state index contributed by atoms with van der Waals surface area (Å²) in [4.78, 5) is 12.6. The van der Waals surface area contributed by atoms with Gasteiger partial charge in [-0.3, -0.25) is 4.79 Å². The molecule has 1 aliphatic heterocycles. The first-order valence-electron chi connectivity index (χ1n) is 8.09. The molecule has 1 aliphatic rings. The fourth-order valence-corrected chi connectivity index (χ4v) is 3.31. The van der Waals surface area contributed by atoms with Crippen molar-refractivity contribution >= 4 is 16.8 Å². The van der Waals surface area contributed by atoms with E-state index in [0.717, 1.165) is 42.6 Å². The second kappa shape index (κ2) is 6.13. The molecule has 118 valence electrons. The van der Waals surface area contributed by atoms with Gasteiger partial charge in [-0.25, -0.2) is 0 Å². The average molecular weight is 300 g/mol. The second-order valence-corrected chi connectivity index (χ2v) is 6.08. The summed E-state index contributed by atoms with van der Waals surface area (Å²) in [5.74, 6) is -0.00949. The van der Waals surface area contributed by atoms with Crippen molar-refractivity contribution in [2.45, 2.75) is 39.2 Å². The Morgan fingerprint density at radius 1 is 1.45 bits per heavy atom. The van der Waals surface area contributed by atoms with Crippen LogP contribution in [-0.4, -0.2) is 29.7 Å². The van der Waals surface area contributed by atoms with E-state index in [1.807, 2.05) is 18.5 Å². The third-order valence-corrected chi connectivity index (χ3v) is 4.65. The molecular formula is C18H24N2O2. The number of nitrogens with zero attached hydrogens (tertiary/aromatic N) is 1. The molecule has 4 heteroatoms. The van der Waals surface area contributed by atoms with Crippen LogP contribution in [0.2, 0.25) is 0 Å². The molecule has 1 atom stereocenters. The Hall–Kier alpha value is -1.81. The standard InChI is InChI=1S/C18H24N2O2/c1-4-13-7-8-16-15(10-13)12(2)17(20(16)3)18(21)19-11-14-6-5-9-22-14/h7-8,10,14H,4-6,9,11H2,1-3H3,(H,19,21). The lowest BCUT2D eigenvalue weighted by Crippen LogP contribution is -2.33. The van der Waals surface area contributed by atoms with Crippen LogP contribution in [0.4, 0.5) is 0 Å². The minimum absolute atomic E-state index is 0.00949. The third kappa shape index (κ3) is 2.63. The molecule has 0 saturated carbocycles. The number of carbonyl (C=O) groups excluding carboxylic acids is 1. The number of amides is 1. The highest BCUT2D eigenvalue weighted by Gasteiger charge is 2.21. The number of rotatable bonds is 4. The van der Waals surface area contributed by atoms with E-state index in [0.29, 0.717) is 6.54 Å². The molecule has 0 bridgehead atoms. The molecule has 22 heavy (non-hydrogen) atoms. The van der Waals surface area contributed by atoms with Gasteiger partial charge in [0.25, 0.3) is 5.91 Å². The van der Waals surface area contributed by atoms with Gasteiger partial charge in [-0.15, -0.1) is 0 Å². The van der Waals surface area contributed by atoms with Crippen LogP contribution >= 0.6 is 0 Å². The fourth-order valence-electron chi connectivity index (χ4n) is 3.31. The molecule has 1 aromatic carbocycles. The van der Waals surface area contributed by atoms with Gasteiger partial charge in [0.1, 0.15) is 5.69 Å². The van der Waals surface area contributed by atoms with Crippen LogP contribution in [0.15, 0.2) is 18.2 Å². The lowest BCUT2D eigenvalue weighted by Gasteiger charge is -2.12. The van der Waals surface area contributed by atoms with E-state index in [1.165, 1.54) is 10.9 Å². The van der Waals surface area contributed by atoms with Crippen LogP contribution < -0.4 is 5.32 Å². The molecule has 0 aliphatic carbocycles. The van der Waals surface area contributed by atoms with E-state index in [2.05, 4.69) is 30.4 Å². The first-order chi connectivity index (χ1) is 10.6. The Morgan fingerprint density at radius 2 is 2.27 bits per heavy atom. The molecule has 1 amide bonds. The van der Waals surface area contributed by atoms with Crippen LogP contribution in [0.3, 0.4) is 0 Å². The van der Waals surface area contributed by atoms with Crippen LogP contribution in [0.5, 0.6) is 0 Å². The molecule has 1 unspecified atom stereocenters. The molecule has 0 radical (unpaired) electrons. The Labute approximate surface area is 131 Å². The molecule has 1 aromatic heterocycles. The summed E-state index contributed by atoms with van der Waals surface area (Å²) in [6, 6.07) is 6.44. The summed E-state index contributed by atoms with van der Waals surface area (Å²) in [5, 5.41) is 4.20. The van der Waals surface area contributed by atoms with Gasteiger partial charge < -0.3 is 14.6 Å². The summed E-state index contributed by atoms with van der Waals surface area (Å²) in [5.41, 5.74) is 4.21. The van der Waals surface area contributed by atoms with Crippen molar-refractivity contribution in [2.75, 3.05) is 13.2 Å². The maximum absolute atomic E-state index is 12.6. The zero-order valence-electron chi connectivity index (χ0n) is 13.6. The summed E-state index contributed by atoms with van der Waals surface area (Å²) in [6.45, 7) is 5.59. The monoisotopic (exact) mass is 300 g/mol. The van der Waals surface area contributed by atoms with E-state index < -0.39 is 0 Å². The Morgan fingerprint density at radius 3 is 2.95 bits per heavy atom. The highest BCUT2D eigenvalue weighted by Crippen LogP contribution is 2.26. The van der Waals surface area contributed by atoms with Crippen molar-refractivity contribution in [3.05, 3.63) is 35.0 Å². The number of nitrogens with one attached hydrogen (secondary N) is 1. The van der Waals surface area contributed by atoms with Crippen LogP contribution in [0.25, 0.3) is 10.9 Å². The van der Waals surface area contributed by atoms with E-state index in [1.54, 1.807) is 0 Å². The molecule has 0 spiro atoms. The molecule has 4 nitrogen and oxygen atoms in total. The number of fused-ring (bicyclic) bond motifs is 1. The maximum atomic E-state index is 12.6. The predicted molar refractivity (Wildman–Crippen MR) is 88.3 cm³/mol. The Kier molecular flexibility index (Phi) is 4.21. The topological polar surface area (TPSA) is 43.3 Å². The van der Waals surface area contributed by atoms with E-state index in [4.69, 9.17) is 4.74 Å². The highest BCUT2D eigenvalue weighted by molar-refractivity contribution is 6.01. The zero-order chi connectivity index (χ0) is 15.7. The van der Waals surface area contributed by atoms with Gasteiger partial charge in [-0.2, -0.15) is 0 Å². The maximum Gasteiger partial charge on any atom is 0.268 e. The summed E-state index contributed by atoms with van der Waals surface area (Å²) >= 11 is 0. The minimum atomic E-state index is -0.00949. The molecule has 1 saturated heterocycles. The van der Waals surface area contributed by atoms with Gasteiger partial charge in [-0.1, -0.05) is 13.0 Å². The van der Waals surface area contributed by atoms with Gasteiger partial charge in [0.15, 0.2) is 0 Å². The normalized spacial score (nSPS) is 18.0. The van der Waals surface area contributed by atoms with Crippen LogP contribution in [0, 0.1) is 6.92 Å². The number of aryl methyl sites for hydroxylation is 3. The highest BCUT2D eigenvalue weighted by atomic mass is 16.5. The quantitative estimate of drug-likeness (QED) is 0.943. The summed E-state index contributed by atoms with van der Waals surface area (Å²) < 4.78 is 7.56. The summed E-state index contributed by atoms with van der Waals surface area (Å²) in [6.07, 6.45) is 3.30. The van der Waals surface area contributed by atoms with Crippen molar-refractivity contribution in [3.63, 3.8) is 0 Å². The summed E-state index contributed by atoms with van der Waals surface area (Å²) in [7, 11) is 1.96. The SMILES string of the molecule is CCc1ccc2c(c1)c(C)c(C(=O)NCC1CCCO1)n2C. The number of benzene rings is 1. The van der Waals surface area contributed by atoms with Crippen molar-refractivity contribution in [1.82, 2.24) is 9.88 Å².